The number of hydrogen-bond donors (Lipinski definition) is 4. The monoisotopic (exact) mass is 377 g/mol. The minimum absolute atomic E-state index is 0.0295. The maximum atomic E-state index is 14.9. The molecule has 9 heteroatoms. The second-order valence-corrected chi connectivity index (χ2v) is 7.07. The number of nitrogen functional groups attached to an aromatic ring is 1. The first-order valence-electron chi connectivity index (χ1n) is 8.83. The number of halogens is 1. The average Bonchev–Trinajstić information content (AvgIpc) is 3.11. The molecule has 144 valence electrons. The minimum atomic E-state index is -1.38. The summed E-state index contributed by atoms with van der Waals surface area (Å²) in [4.78, 5) is 24.4. The fourth-order valence-electron chi connectivity index (χ4n) is 4.25. The number of aromatic nitrogens is 1. The standard InChI is InChI=1S/C18H20FN3O5/c19-11-12(20)10-14-16(13(11)21-5-6-23)27-8-18(3-1-2-4-18)22(14)7-9(15(10)24)17(25)26/h7,21,23H,1-6,8,20H2,(H,25,26). The summed E-state index contributed by atoms with van der Waals surface area (Å²) in [6.07, 6.45) is 4.75. The maximum Gasteiger partial charge on any atom is 0.341 e. The van der Waals surface area contributed by atoms with Crippen LogP contribution >= 0.6 is 0 Å². The number of rotatable bonds is 4. The van der Waals surface area contributed by atoms with Gasteiger partial charge in [0, 0.05) is 12.7 Å². The number of aliphatic hydroxyl groups excluding tert-OH is 1. The van der Waals surface area contributed by atoms with Crippen molar-refractivity contribution in [1.29, 1.82) is 0 Å². The number of nitrogens with two attached hydrogens (primary N) is 1. The molecule has 1 aliphatic heterocycles. The van der Waals surface area contributed by atoms with E-state index >= 15 is 0 Å². The van der Waals surface area contributed by atoms with E-state index in [2.05, 4.69) is 5.32 Å². The summed E-state index contributed by atoms with van der Waals surface area (Å²) in [6, 6.07) is 0. The van der Waals surface area contributed by atoms with E-state index in [1.807, 2.05) is 0 Å². The van der Waals surface area contributed by atoms with Crippen molar-refractivity contribution in [2.24, 2.45) is 0 Å². The van der Waals surface area contributed by atoms with Gasteiger partial charge in [0.2, 0.25) is 5.43 Å². The molecule has 1 spiro atoms. The predicted octanol–water partition coefficient (Wildman–Crippen LogP) is 1.49. The Hall–Kier alpha value is -2.81. The number of carboxylic acid groups (broad SMARTS) is 1. The number of fused-ring (bicyclic) bond motifs is 1. The topological polar surface area (TPSA) is 127 Å². The lowest BCUT2D eigenvalue weighted by Gasteiger charge is -2.39. The Morgan fingerprint density at radius 2 is 2.11 bits per heavy atom. The molecule has 1 saturated carbocycles. The fourth-order valence-corrected chi connectivity index (χ4v) is 4.25. The molecule has 2 aromatic rings. The van der Waals surface area contributed by atoms with Gasteiger partial charge in [-0.25, -0.2) is 9.18 Å². The third-order valence-electron chi connectivity index (χ3n) is 5.55. The number of nitrogens with zero attached hydrogens (tertiary/aromatic N) is 1. The van der Waals surface area contributed by atoms with Gasteiger partial charge in [-0.2, -0.15) is 0 Å². The van der Waals surface area contributed by atoms with Crippen LogP contribution in [0.15, 0.2) is 11.0 Å². The number of hydrogen-bond acceptors (Lipinski definition) is 6. The number of aliphatic hydroxyl groups is 1. The van der Waals surface area contributed by atoms with Crippen LogP contribution in [0.2, 0.25) is 0 Å². The summed E-state index contributed by atoms with van der Waals surface area (Å²) in [5, 5.41) is 21.1. The summed E-state index contributed by atoms with van der Waals surface area (Å²) in [5.41, 5.74) is 4.02. The van der Waals surface area contributed by atoms with Gasteiger partial charge in [-0.15, -0.1) is 0 Å². The van der Waals surface area contributed by atoms with Gasteiger partial charge < -0.3 is 30.6 Å². The molecule has 0 saturated heterocycles. The van der Waals surface area contributed by atoms with E-state index in [4.69, 9.17) is 15.6 Å². The van der Waals surface area contributed by atoms with Gasteiger partial charge in [0.25, 0.3) is 0 Å². The molecule has 1 fully saturated rings. The van der Waals surface area contributed by atoms with E-state index in [1.165, 1.54) is 6.20 Å². The second-order valence-electron chi connectivity index (χ2n) is 7.07. The average molecular weight is 377 g/mol. The lowest BCUT2D eigenvalue weighted by atomic mass is 9.93. The Balaban J connectivity index is 2.15. The quantitative estimate of drug-likeness (QED) is 0.595. The van der Waals surface area contributed by atoms with Gasteiger partial charge in [0.05, 0.1) is 28.7 Å². The minimum Gasteiger partial charge on any atom is -0.487 e. The van der Waals surface area contributed by atoms with Gasteiger partial charge in [-0.1, -0.05) is 12.8 Å². The largest absolute Gasteiger partial charge is 0.487 e. The molecule has 0 bridgehead atoms. The zero-order chi connectivity index (χ0) is 19.3. The van der Waals surface area contributed by atoms with Gasteiger partial charge in [-0.05, 0) is 12.8 Å². The first-order chi connectivity index (χ1) is 12.9. The van der Waals surface area contributed by atoms with E-state index in [0.29, 0.717) is 5.52 Å². The van der Waals surface area contributed by atoms with Crippen LogP contribution in [-0.4, -0.2) is 40.5 Å². The number of ether oxygens (including phenoxy) is 1. The first-order valence-corrected chi connectivity index (χ1v) is 8.83. The number of carboxylic acids is 1. The Morgan fingerprint density at radius 3 is 2.74 bits per heavy atom. The van der Waals surface area contributed by atoms with E-state index in [-0.39, 0.29) is 36.6 Å². The molecule has 5 N–H and O–H groups in total. The molecule has 27 heavy (non-hydrogen) atoms. The molecule has 4 rings (SSSR count). The second kappa shape index (κ2) is 6.12. The van der Waals surface area contributed by atoms with Gasteiger partial charge in [0.1, 0.15) is 17.9 Å². The van der Waals surface area contributed by atoms with Crippen molar-refractivity contribution in [1.82, 2.24) is 4.57 Å². The number of pyridine rings is 1. The number of anilines is 2. The fraction of sp³-hybridized carbons (Fsp3) is 0.444. The van der Waals surface area contributed by atoms with Crippen LogP contribution in [0.5, 0.6) is 5.75 Å². The van der Waals surface area contributed by atoms with Crippen molar-refractivity contribution in [2.75, 3.05) is 30.8 Å². The van der Waals surface area contributed by atoms with Crippen LogP contribution in [0.25, 0.3) is 10.9 Å². The number of aromatic carboxylic acids is 1. The smallest absolute Gasteiger partial charge is 0.341 e. The van der Waals surface area contributed by atoms with Crippen LogP contribution in [0.4, 0.5) is 15.8 Å². The SMILES string of the molecule is Nc1c(F)c(NCCO)c2c3c1c(=O)c(C(=O)O)cn3C1(CCCC1)CO2. The molecule has 0 amide bonds. The molecule has 8 nitrogen and oxygen atoms in total. The zero-order valence-corrected chi connectivity index (χ0v) is 14.5. The molecule has 1 aromatic carbocycles. The van der Waals surface area contributed by atoms with Gasteiger partial charge >= 0.3 is 5.97 Å². The van der Waals surface area contributed by atoms with Crippen LogP contribution in [-0.2, 0) is 5.54 Å². The lowest BCUT2D eigenvalue weighted by molar-refractivity contribution is 0.0692. The summed E-state index contributed by atoms with van der Waals surface area (Å²) in [7, 11) is 0. The van der Waals surface area contributed by atoms with Gasteiger partial charge in [0.15, 0.2) is 11.6 Å². The molecule has 0 atom stereocenters. The van der Waals surface area contributed by atoms with Gasteiger partial charge in [-0.3, -0.25) is 4.79 Å². The van der Waals surface area contributed by atoms with E-state index < -0.39 is 34.0 Å². The first kappa shape index (κ1) is 17.6. The Bertz CT molecular complexity index is 1010. The van der Waals surface area contributed by atoms with E-state index in [1.54, 1.807) is 4.57 Å². The number of nitrogens with one attached hydrogen (secondary N) is 1. The third kappa shape index (κ3) is 2.38. The van der Waals surface area contributed by atoms with Crippen LogP contribution in [0.3, 0.4) is 0 Å². The summed E-state index contributed by atoms with van der Waals surface area (Å²) in [6.45, 7) is 0.0838. The molecular weight excluding hydrogens is 357 g/mol. The third-order valence-corrected chi connectivity index (χ3v) is 5.55. The van der Waals surface area contributed by atoms with Crippen LogP contribution in [0.1, 0.15) is 36.0 Å². The highest BCUT2D eigenvalue weighted by Gasteiger charge is 2.43. The maximum absolute atomic E-state index is 14.9. The van der Waals surface area contributed by atoms with Crippen molar-refractivity contribution in [2.45, 2.75) is 31.2 Å². The number of carbonyl (C=O) groups is 1. The zero-order valence-electron chi connectivity index (χ0n) is 14.5. The predicted molar refractivity (Wildman–Crippen MR) is 97.1 cm³/mol. The molecule has 2 heterocycles. The van der Waals surface area contributed by atoms with E-state index in [0.717, 1.165) is 25.7 Å². The molecule has 0 radical (unpaired) electrons. The van der Waals surface area contributed by atoms with Crippen molar-refractivity contribution in [3.05, 3.63) is 27.8 Å². The lowest BCUT2D eigenvalue weighted by Crippen LogP contribution is -2.42. The normalized spacial score (nSPS) is 17.3. The van der Waals surface area contributed by atoms with Crippen molar-refractivity contribution in [3.8, 4) is 5.75 Å². The number of benzene rings is 1. The Labute approximate surface area is 153 Å². The Kier molecular flexibility index (Phi) is 3.99. The highest BCUT2D eigenvalue weighted by Crippen LogP contribution is 2.48. The molecule has 2 aliphatic rings. The molecule has 1 aliphatic carbocycles. The summed E-state index contributed by atoms with van der Waals surface area (Å²) >= 11 is 0. The molecule has 1 aromatic heterocycles. The molecule has 0 unspecified atom stereocenters. The Morgan fingerprint density at radius 1 is 1.41 bits per heavy atom. The highest BCUT2D eigenvalue weighted by atomic mass is 19.1. The molecular formula is C18H20FN3O5. The van der Waals surface area contributed by atoms with E-state index in [9.17, 15) is 19.1 Å². The summed E-state index contributed by atoms with van der Waals surface area (Å²) < 4.78 is 22.5. The summed E-state index contributed by atoms with van der Waals surface area (Å²) in [5.74, 6) is -2.15. The van der Waals surface area contributed by atoms with Crippen molar-refractivity contribution in [3.63, 3.8) is 0 Å². The van der Waals surface area contributed by atoms with Crippen LogP contribution < -0.4 is 21.2 Å². The van der Waals surface area contributed by atoms with Crippen molar-refractivity contribution >= 4 is 28.2 Å². The van der Waals surface area contributed by atoms with Crippen LogP contribution in [0, 0.1) is 5.82 Å². The highest BCUT2D eigenvalue weighted by molar-refractivity contribution is 6.03. The van der Waals surface area contributed by atoms with Crippen molar-refractivity contribution < 1.29 is 24.1 Å².